The van der Waals surface area contributed by atoms with Crippen LogP contribution in [-0.4, -0.2) is 27.0 Å². The average Bonchev–Trinajstić information content (AvgIpc) is 2.49. The molecule has 2 rings (SSSR count). The average molecular weight is 341 g/mol. The van der Waals surface area contributed by atoms with Crippen LogP contribution in [-0.2, 0) is 10.0 Å². The zero-order chi connectivity index (χ0) is 16.0. The third-order valence-corrected chi connectivity index (χ3v) is 4.75. The van der Waals surface area contributed by atoms with Gasteiger partial charge in [0.25, 0.3) is 0 Å². The predicted molar refractivity (Wildman–Crippen MR) is 87.5 cm³/mol. The van der Waals surface area contributed by atoms with Crippen molar-refractivity contribution >= 4 is 27.5 Å². The lowest BCUT2D eigenvalue weighted by Crippen LogP contribution is -2.21. The smallest absolute Gasteiger partial charge is 0.236 e. The highest BCUT2D eigenvalue weighted by Crippen LogP contribution is 2.20. The van der Waals surface area contributed by atoms with Crippen LogP contribution in [0.25, 0.3) is 0 Å². The third kappa shape index (κ3) is 5.23. The van der Waals surface area contributed by atoms with Gasteiger partial charge in [0.2, 0.25) is 10.0 Å². The van der Waals surface area contributed by atoms with Gasteiger partial charge in [-0.15, -0.1) is 11.8 Å². The lowest BCUT2D eigenvalue weighted by molar-refractivity contribution is 0.340. The Hall–Kier alpha value is -1.73. The zero-order valence-electron chi connectivity index (χ0n) is 12.0. The van der Waals surface area contributed by atoms with Crippen molar-refractivity contribution < 1.29 is 17.5 Å². The van der Waals surface area contributed by atoms with E-state index in [1.807, 2.05) is 12.3 Å². The maximum Gasteiger partial charge on any atom is 0.236 e. The molecule has 0 aliphatic heterocycles. The molecule has 0 amide bonds. The minimum absolute atomic E-state index is 0.0107. The van der Waals surface area contributed by atoms with Crippen molar-refractivity contribution in [1.29, 1.82) is 0 Å². The number of thioether (sulfide) groups is 1. The van der Waals surface area contributed by atoms with Gasteiger partial charge in [-0.25, -0.2) is 12.8 Å². The molecule has 2 aromatic carbocycles. The first-order chi connectivity index (χ1) is 10.5. The molecule has 0 bridgehead atoms. The van der Waals surface area contributed by atoms with Crippen LogP contribution in [0.2, 0.25) is 0 Å². The molecule has 0 aliphatic carbocycles. The SMILES string of the molecule is CSc1cccc(NS(=O)(=O)CCOc2ccc(F)cc2)c1. The first-order valence-corrected chi connectivity index (χ1v) is 9.39. The summed E-state index contributed by atoms with van der Waals surface area (Å²) in [6.07, 6.45) is 1.92. The first kappa shape index (κ1) is 16.6. The van der Waals surface area contributed by atoms with E-state index in [4.69, 9.17) is 4.74 Å². The Morgan fingerprint density at radius 1 is 1.18 bits per heavy atom. The van der Waals surface area contributed by atoms with Crippen molar-refractivity contribution in [1.82, 2.24) is 0 Å². The van der Waals surface area contributed by atoms with E-state index >= 15 is 0 Å². The van der Waals surface area contributed by atoms with Crippen LogP contribution in [0.3, 0.4) is 0 Å². The largest absolute Gasteiger partial charge is 0.492 e. The number of hydrogen-bond acceptors (Lipinski definition) is 4. The van der Waals surface area contributed by atoms with Gasteiger partial charge in [0.05, 0.1) is 0 Å². The maximum atomic E-state index is 12.7. The summed E-state index contributed by atoms with van der Waals surface area (Å²) in [4.78, 5) is 0.975. The summed E-state index contributed by atoms with van der Waals surface area (Å²) in [7, 11) is -3.50. The number of anilines is 1. The van der Waals surface area contributed by atoms with Crippen LogP contribution < -0.4 is 9.46 Å². The second-order valence-electron chi connectivity index (χ2n) is 4.46. The molecular weight excluding hydrogens is 325 g/mol. The van der Waals surface area contributed by atoms with Crippen molar-refractivity contribution in [2.24, 2.45) is 0 Å². The molecular formula is C15H16FNO3S2. The van der Waals surface area contributed by atoms with E-state index in [0.29, 0.717) is 11.4 Å². The monoisotopic (exact) mass is 341 g/mol. The fourth-order valence-corrected chi connectivity index (χ4v) is 3.07. The van der Waals surface area contributed by atoms with Crippen LogP contribution in [0.4, 0.5) is 10.1 Å². The van der Waals surface area contributed by atoms with Crippen LogP contribution in [0.1, 0.15) is 0 Å². The van der Waals surface area contributed by atoms with Gasteiger partial charge in [-0.2, -0.15) is 0 Å². The van der Waals surface area contributed by atoms with Crippen LogP contribution in [0.5, 0.6) is 5.75 Å². The zero-order valence-corrected chi connectivity index (χ0v) is 13.6. The van der Waals surface area contributed by atoms with Gasteiger partial charge < -0.3 is 4.74 Å². The molecule has 1 N–H and O–H groups in total. The lowest BCUT2D eigenvalue weighted by Gasteiger charge is -2.10. The van der Waals surface area contributed by atoms with E-state index in [-0.39, 0.29) is 18.2 Å². The molecule has 22 heavy (non-hydrogen) atoms. The van der Waals surface area contributed by atoms with E-state index in [0.717, 1.165) is 4.90 Å². The molecule has 0 unspecified atom stereocenters. The highest BCUT2D eigenvalue weighted by atomic mass is 32.2. The Labute approximate surface area is 133 Å². The third-order valence-electron chi connectivity index (χ3n) is 2.78. The number of sulfonamides is 1. The minimum Gasteiger partial charge on any atom is -0.492 e. The van der Waals surface area contributed by atoms with Gasteiger partial charge >= 0.3 is 0 Å². The summed E-state index contributed by atoms with van der Waals surface area (Å²) >= 11 is 1.54. The summed E-state index contributed by atoms with van der Waals surface area (Å²) in [6, 6.07) is 12.6. The number of benzene rings is 2. The molecule has 0 aliphatic rings. The first-order valence-electron chi connectivity index (χ1n) is 6.51. The molecule has 0 saturated heterocycles. The Bertz CT molecular complexity index is 718. The summed E-state index contributed by atoms with van der Waals surface area (Å²) in [5, 5.41) is 0. The Morgan fingerprint density at radius 3 is 2.59 bits per heavy atom. The van der Waals surface area contributed by atoms with Gasteiger partial charge in [0.1, 0.15) is 23.9 Å². The molecule has 118 valence electrons. The summed E-state index contributed by atoms with van der Waals surface area (Å²) in [5.74, 6) is -0.121. The minimum atomic E-state index is -3.50. The van der Waals surface area contributed by atoms with Crippen molar-refractivity contribution in [3.05, 3.63) is 54.3 Å². The number of hydrogen-bond donors (Lipinski definition) is 1. The van der Waals surface area contributed by atoms with Gasteiger partial charge in [-0.3, -0.25) is 4.72 Å². The van der Waals surface area contributed by atoms with E-state index < -0.39 is 10.0 Å². The quantitative estimate of drug-likeness (QED) is 0.785. The molecule has 2 aromatic rings. The number of nitrogens with one attached hydrogen (secondary N) is 1. The lowest BCUT2D eigenvalue weighted by atomic mass is 10.3. The Balaban J connectivity index is 1.89. The molecule has 0 aromatic heterocycles. The molecule has 4 nitrogen and oxygen atoms in total. The maximum absolute atomic E-state index is 12.7. The van der Waals surface area contributed by atoms with Crippen LogP contribution in [0, 0.1) is 5.82 Å². The summed E-state index contributed by atoms with van der Waals surface area (Å²) < 4.78 is 44.5. The molecule has 7 heteroatoms. The molecule has 0 atom stereocenters. The van der Waals surface area contributed by atoms with E-state index in [1.165, 1.54) is 36.0 Å². The topological polar surface area (TPSA) is 55.4 Å². The van der Waals surface area contributed by atoms with Gasteiger partial charge in [0, 0.05) is 10.6 Å². The fourth-order valence-electron chi connectivity index (χ4n) is 1.72. The fraction of sp³-hybridized carbons (Fsp3) is 0.200. The summed E-state index contributed by atoms with van der Waals surface area (Å²) in [6.45, 7) is -0.0107. The van der Waals surface area contributed by atoms with Gasteiger partial charge in [-0.1, -0.05) is 6.07 Å². The van der Waals surface area contributed by atoms with Gasteiger partial charge in [-0.05, 0) is 48.7 Å². The second-order valence-corrected chi connectivity index (χ2v) is 7.18. The highest BCUT2D eigenvalue weighted by Gasteiger charge is 2.11. The van der Waals surface area contributed by atoms with E-state index in [1.54, 1.807) is 18.2 Å². The van der Waals surface area contributed by atoms with Crippen LogP contribution >= 0.6 is 11.8 Å². The predicted octanol–water partition coefficient (Wildman–Crippen LogP) is 3.37. The van der Waals surface area contributed by atoms with Crippen molar-refractivity contribution in [2.75, 3.05) is 23.3 Å². The van der Waals surface area contributed by atoms with Crippen molar-refractivity contribution in [2.45, 2.75) is 4.90 Å². The Kier molecular flexibility index (Phi) is 5.68. The number of rotatable bonds is 7. The molecule has 0 spiro atoms. The molecule has 0 heterocycles. The van der Waals surface area contributed by atoms with Gasteiger partial charge in [0.15, 0.2) is 0 Å². The number of ether oxygens (including phenoxy) is 1. The molecule has 0 radical (unpaired) electrons. The highest BCUT2D eigenvalue weighted by molar-refractivity contribution is 7.98. The van der Waals surface area contributed by atoms with E-state index in [2.05, 4.69) is 4.72 Å². The number of halogens is 1. The summed E-state index contributed by atoms with van der Waals surface area (Å²) in [5.41, 5.74) is 0.522. The molecule has 0 fully saturated rings. The second kappa shape index (κ2) is 7.51. The molecule has 0 saturated carbocycles. The van der Waals surface area contributed by atoms with Crippen molar-refractivity contribution in [3.63, 3.8) is 0 Å². The van der Waals surface area contributed by atoms with E-state index in [9.17, 15) is 12.8 Å². The van der Waals surface area contributed by atoms with Crippen molar-refractivity contribution in [3.8, 4) is 5.75 Å². The Morgan fingerprint density at radius 2 is 1.91 bits per heavy atom. The standard InChI is InChI=1S/C15H16FNO3S2/c1-21-15-4-2-3-13(11-15)17-22(18,19)10-9-20-14-7-5-12(16)6-8-14/h2-8,11,17H,9-10H2,1H3. The normalized spacial score (nSPS) is 11.2. The van der Waals surface area contributed by atoms with Crippen LogP contribution in [0.15, 0.2) is 53.4 Å².